The second kappa shape index (κ2) is 6.25. The highest BCUT2D eigenvalue weighted by atomic mass is 19.4. The fourth-order valence-electron chi connectivity index (χ4n) is 2.06. The van der Waals surface area contributed by atoms with E-state index in [-0.39, 0.29) is 11.8 Å². The van der Waals surface area contributed by atoms with Crippen LogP contribution in [0.25, 0.3) is 0 Å². The zero-order chi connectivity index (χ0) is 16.3. The van der Waals surface area contributed by atoms with Crippen molar-refractivity contribution in [1.29, 1.82) is 0 Å². The van der Waals surface area contributed by atoms with Crippen LogP contribution in [0, 0.1) is 13.8 Å². The van der Waals surface area contributed by atoms with Gasteiger partial charge in [-0.1, -0.05) is 5.16 Å². The molecule has 0 saturated heterocycles. The van der Waals surface area contributed by atoms with Gasteiger partial charge in [0.25, 0.3) is 0 Å². The third kappa shape index (κ3) is 4.37. The maximum absolute atomic E-state index is 12.1. The van der Waals surface area contributed by atoms with Crippen molar-refractivity contribution in [1.82, 2.24) is 10.1 Å². The highest BCUT2D eigenvalue weighted by Gasteiger charge is 2.31. The Morgan fingerprint density at radius 2 is 2.05 bits per heavy atom. The Morgan fingerprint density at radius 3 is 2.55 bits per heavy atom. The minimum atomic E-state index is -4.72. The zero-order valence-electron chi connectivity index (χ0n) is 12.4. The maximum Gasteiger partial charge on any atom is 0.573 e. The van der Waals surface area contributed by atoms with Crippen LogP contribution in [-0.2, 0) is 6.42 Å². The van der Waals surface area contributed by atoms with E-state index in [0.717, 1.165) is 23.2 Å². The smallest absolute Gasteiger partial charge is 0.404 e. The molecule has 1 unspecified atom stereocenters. The van der Waals surface area contributed by atoms with Crippen LogP contribution in [0.4, 0.5) is 19.0 Å². The lowest BCUT2D eigenvalue weighted by molar-refractivity contribution is -0.274. The summed E-state index contributed by atoms with van der Waals surface area (Å²) in [4.78, 5) is 3.90. The van der Waals surface area contributed by atoms with Gasteiger partial charge in [0.05, 0.1) is 11.9 Å². The Hall–Kier alpha value is -2.25. The zero-order valence-corrected chi connectivity index (χ0v) is 12.4. The number of rotatable bonds is 5. The Balaban J connectivity index is 1.96. The molecule has 0 aliphatic rings. The summed E-state index contributed by atoms with van der Waals surface area (Å²) in [6.45, 7) is 5.64. The van der Waals surface area contributed by atoms with Crippen molar-refractivity contribution < 1.29 is 22.4 Å². The normalized spacial score (nSPS) is 13.0. The highest BCUT2D eigenvalue weighted by Crippen LogP contribution is 2.23. The molecule has 0 bridgehead atoms. The molecule has 22 heavy (non-hydrogen) atoms. The average Bonchev–Trinajstić information content (AvgIpc) is 2.71. The molecule has 2 rings (SSSR count). The van der Waals surface area contributed by atoms with E-state index in [9.17, 15) is 13.2 Å². The number of pyridine rings is 1. The van der Waals surface area contributed by atoms with Crippen molar-refractivity contribution >= 4 is 5.82 Å². The second-order valence-corrected chi connectivity index (χ2v) is 4.98. The van der Waals surface area contributed by atoms with Crippen LogP contribution in [0.5, 0.6) is 5.75 Å². The summed E-state index contributed by atoms with van der Waals surface area (Å²) in [7, 11) is 0. The Bertz CT molecular complexity index is 604. The molecule has 2 aromatic rings. The van der Waals surface area contributed by atoms with Gasteiger partial charge in [-0.2, -0.15) is 0 Å². The van der Waals surface area contributed by atoms with E-state index < -0.39 is 6.36 Å². The number of halogens is 3. The van der Waals surface area contributed by atoms with Gasteiger partial charge in [-0.05, 0) is 39.3 Å². The van der Waals surface area contributed by atoms with Gasteiger partial charge in [0.2, 0.25) is 0 Å². The van der Waals surface area contributed by atoms with Crippen LogP contribution < -0.4 is 10.1 Å². The molecule has 5 nitrogen and oxygen atoms in total. The van der Waals surface area contributed by atoms with Gasteiger partial charge in [-0.3, -0.25) is 0 Å². The minimum absolute atomic E-state index is 0.0127. The van der Waals surface area contributed by atoms with Crippen LogP contribution in [0.1, 0.15) is 23.9 Å². The Morgan fingerprint density at radius 1 is 1.32 bits per heavy atom. The lowest BCUT2D eigenvalue weighted by Gasteiger charge is -2.15. The van der Waals surface area contributed by atoms with Gasteiger partial charge in [-0.15, -0.1) is 13.2 Å². The van der Waals surface area contributed by atoms with Gasteiger partial charge >= 0.3 is 6.36 Å². The molecule has 8 heteroatoms. The van der Waals surface area contributed by atoms with E-state index in [4.69, 9.17) is 4.52 Å². The van der Waals surface area contributed by atoms with E-state index in [1.165, 1.54) is 12.1 Å². The number of anilines is 1. The summed E-state index contributed by atoms with van der Waals surface area (Å²) in [6, 6.07) is 2.66. The molecule has 0 aliphatic carbocycles. The third-order valence-electron chi connectivity index (χ3n) is 3.06. The van der Waals surface area contributed by atoms with Gasteiger partial charge in [0.1, 0.15) is 17.3 Å². The predicted molar refractivity (Wildman–Crippen MR) is 73.7 cm³/mol. The lowest BCUT2D eigenvalue weighted by atomic mass is 10.1. The second-order valence-electron chi connectivity index (χ2n) is 4.98. The first-order valence-electron chi connectivity index (χ1n) is 6.64. The largest absolute Gasteiger partial charge is 0.573 e. The number of nitrogens with zero attached hydrogens (tertiary/aromatic N) is 2. The summed E-state index contributed by atoms with van der Waals surface area (Å²) < 4.78 is 45.0. The van der Waals surface area contributed by atoms with Gasteiger partial charge < -0.3 is 14.6 Å². The molecule has 1 atom stereocenters. The quantitative estimate of drug-likeness (QED) is 0.913. The summed E-state index contributed by atoms with van der Waals surface area (Å²) >= 11 is 0. The third-order valence-corrected chi connectivity index (χ3v) is 3.06. The number of ether oxygens (including phenoxy) is 1. The molecular formula is C14H16F3N3O2. The Kier molecular flexibility index (Phi) is 4.58. The molecule has 2 aromatic heterocycles. The molecule has 0 aliphatic heterocycles. The number of aromatic nitrogens is 2. The summed E-state index contributed by atoms with van der Waals surface area (Å²) in [6.07, 6.45) is -3.02. The van der Waals surface area contributed by atoms with Crippen LogP contribution in [0.2, 0.25) is 0 Å². The Labute approximate surface area is 125 Å². The molecule has 2 heterocycles. The van der Waals surface area contributed by atoms with Crippen LogP contribution in [0.3, 0.4) is 0 Å². The number of hydrogen-bond donors (Lipinski definition) is 1. The van der Waals surface area contributed by atoms with Crippen LogP contribution in [-0.4, -0.2) is 22.5 Å². The highest BCUT2D eigenvalue weighted by molar-refractivity contribution is 5.39. The summed E-state index contributed by atoms with van der Waals surface area (Å²) in [5.74, 6) is 0.873. The van der Waals surface area contributed by atoms with Crippen molar-refractivity contribution in [3.8, 4) is 5.75 Å². The molecular weight excluding hydrogens is 299 g/mol. The predicted octanol–water partition coefficient (Wildman–Crippen LogP) is 3.63. The van der Waals surface area contributed by atoms with Gasteiger partial charge in [0.15, 0.2) is 0 Å². The SMILES string of the molecule is Cc1noc(C)c1CC(C)Nc1ccc(OC(F)(F)F)cn1. The van der Waals surface area contributed by atoms with E-state index in [2.05, 4.69) is 20.2 Å². The van der Waals surface area contributed by atoms with E-state index >= 15 is 0 Å². The first kappa shape index (κ1) is 16.1. The molecule has 120 valence electrons. The molecule has 0 spiro atoms. The van der Waals surface area contributed by atoms with E-state index in [1.807, 2.05) is 20.8 Å². The topological polar surface area (TPSA) is 60.2 Å². The molecule has 1 N–H and O–H groups in total. The summed E-state index contributed by atoms with van der Waals surface area (Å²) in [5, 5.41) is 6.99. The van der Waals surface area contributed by atoms with Crippen LogP contribution >= 0.6 is 0 Å². The summed E-state index contributed by atoms with van der Waals surface area (Å²) in [5.41, 5.74) is 1.84. The van der Waals surface area contributed by atoms with E-state index in [1.54, 1.807) is 0 Å². The van der Waals surface area contributed by atoms with Crippen molar-refractivity contribution in [2.24, 2.45) is 0 Å². The number of alkyl halides is 3. The van der Waals surface area contributed by atoms with Crippen LogP contribution in [0.15, 0.2) is 22.9 Å². The maximum atomic E-state index is 12.1. The number of aryl methyl sites for hydroxylation is 2. The molecule has 0 amide bonds. The first-order chi connectivity index (χ1) is 10.2. The number of nitrogens with one attached hydrogen (secondary N) is 1. The van der Waals surface area contributed by atoms with Crippen molar-refractivity contribution in [2.75, 3.05) is 5.32 Å². The average molecular weight is 315 g/mol. The lowest BCUT2D eigenvalue weighted by Crippen LogP contribution is -2.20. The van der Waals surface area contributed by atoms with Crippen molar-refractivity contribution in [3.63, 3.8) is 0 Å². The van der Waals surface area contributed by atoms with Crippen molar-refractivity contribution in [2.45, 2.75) is 39.6 Å². The first-order valence-corrected chi connectivity index (χ1v) is 6.64. The fourth-order valence-corrected chi connectivity index (χ4v) is 2.06. The van der Waals surface area contributed by atoms with E-state index in [0.29, 0.717) is 12.2 Å². The molecule has 0 radical (unpaired) electrons. The van der Waals surface area contributed by atoms with Gasteiger partial charge in [-0.25, -0.2) is 4.98 Å². The minimum Gasteiger partial charge on any atom is -0.404 e. The van der Waals surface area contributed by atoms with Crippen molar-refractivity contribution in [3.05, 3.63) is 35.3 Å². The van der Waals surface area contributed by atoms with Gasteiger partial charge in [0, 0.05) is 11.6 Å². The molecule has 0 saturated carbocycles. The number of hydrogen-bond acceptors (Lipinski definition) is 5. The fraction of sp³-hybridized carbons (Fsp3) is 0.429. The standard InChI is InChI=1S/C14H16F3N3O2/c1-8(6-12-9(2)20-22-10(12)3)19-13-5-4-11(7-18-13)21-14(15,16)17/h4-5,7-8H,6H2,1-3H3,(H,18,19). The monoisotopic (exact) mass is 315 g/mol. The molecule has 0 aromatic carbocycles. The molecule has 0 fully saturated rings.